The van der Waals surface area contributed by atoms with E-state index in [-0.39, 0.29) is 5.69 Å². The molecule has 0 aliphatic heterocycles. The van der Waals surface area contributed by atoms with Crippen molar-refractivity contribution in [3.63, 3.8) is 0 Å². The summed E-state index contributed by atoms with van der Waals surface area (Å²) in [6.07, 6.45) is 0. The van der Waals surface area contributed by atoms with E-state index in [4.69, 9.17) is 11.6 Å². The summed E-state index contributed by atoms with van der Waals surface area (Å²) in [4.78, 5) is 11.6. The van der Waals surface area contributed by atoms with Crippen LogP contribution in [0.5, 0.6) is 0 Å². The van der Waals surface area contributed by atoms with E-state index in [1.165, 1.54) is 6.07 Å². The van der Waals surface area contributed by atoms with Gasteiger partial charge in [-0.05, 0) is 24.3 Å². The quantitative estimate of drug-likeness (QED) is 0.849. The van der Waals surface area contributed by atoms with E-state index in [2.05, 4.69) is 10.6 Å². The minimum atomic E-state index is -1.03. The molecule has 2 aromatic rings. The number of amides is 2. The van der Waals surface area contributed by atoms with E-state index in [9.17, 15) is 13.6 Å². The molecule has 0 heterocycles. The zero-order valence-corrected chi connectivity index (χ0v) is 10.3. The van der Waals surface area contributed by atoms with Gasteiger partial charge in [0.05, 0.1) is 10.7 Å². The van der Waals surface area contributed by atoms with Gasteiger partial charge in [0.2, 0.25) is 0 Å². The van der Waals surface area contributed by atoms with Crippen molar-refractivity contribution in [2.45, 2.75) is 0 Å². The van der Waals surface area contributed by atoms with Crippen molar-refractivity contribution < 1.29 is 13.6 Å². The number of anilines is 2. The highest BCUT2D eigenvalue weighted by Crippen LogP contribution is 2.21. The first-order valence-electron chi connectivity index (χ1n) is 5.34. The zero-order chi connectivity index (χ0) is 13.8. The first kappa shape index (κ1) is 13.3. The number of hydrogen-bond donors (Lipinski definition) is 2. The van der Waals surface area contributed by atoms with Crippen LogP contribution in [-0.2, 0) is 0 Å². The average Bonchev–Trinajstić information content (AvgIpc) is 2.37. The van der Waals surface area contributed by atoms with Gasteiger partial charge in [0, 0.05) is 11.8 Å². The van der Waals surface area contributed by atoms with Gasteiger partial charge >= 0.3 is 6.03 Å². The van der Waals surface area contributed by atoms with Crippen molar-refractivity contribution in [1.29, 1.82) is 0 Å². The standard InChI is InChI=1S/C13H9ClF2N2O/c14-9-3-1-2-4-12(9)18-13(19)17-8-5-6-10(15)11(16)7-8/h1-7H,(H2,17,18,19). The molecule has 0 aliphatic rings. The molecule has 0 aliphatic carbocycles. The molecule has 0 spiro atoms. The maximum Gasteiger partial charge on any atom is 0.323 e. The van der Waals surface area contributed by atoms with Crippen molar-refractivity contribution in [3.8, 4) is 0 Å². The van der Waals surface area contributed by atoms with Gasteiger partial charge in [0.1, 0.15) is 0 Å². The van der Waals surface area contributed by atoms with E-state index < -0.39 is 17.7 Å². The van der Waals surface area contributed by atoms with E-state index in [1.54, 1.807) is 24.3 Å². The summed E-state index contributed by atoms with van der Waals surface area (Å²) < 4.78 is 25.7. The van der Waals surface area contributed by atoms with Gasteiger partial charge in [-0.2, -0.15) is 0 Å². The molecule has 0 aromatic heterocycles. The highest BCUT2D eigenvalue weighted by Gasteiger charge is 2.07. The van der Waals surface area contributed by atoms with Crippen LogP contribution in [0.15, 0.2) is 42.5 Å². The Hall–Kier alpha value is -2.14. The van der Waals surface area contributed by atoms with Crippen molar-refractivity contribution in [3.05, 3.63) is 59.1 Å². The zero-order valence-electron chi connectivity index (χ0n) is 9.58. The lowest BCUT2D eigenvalue weighted by Gasteiger charge is -2.09. The Bertz CT molecular complexity index is 619. The Morgan fingerprint density at radius 1 is 1.00 bits per heavy atom. The van der Waals surface area contributed by atoms with Crippen LogP contribution in [0.1, 0.15) is 0 Å². The lowest BCUT2D eigenvalue weighted by molar-refractivity contribution is 0.262. The van der Waals surface area contributed by atoms with Crippen molar-refractivity contribution in [1.82, 2.24) is 0 Å². The smallest absolute Gasteiger partial charge is 0.308 e. The number of nitrogens with one attached hydrogen (secondary N) is 2. The minimum Gasteiger partial charge on any atom is -0.308 e. The summed E-state index contributed by atoms with van der Waals surface area (Å²) in [6.45, 7) is 0. The Kier molecular flexibility index (Phi) is 3.97. The molecule has 0 atom stereocenters. The first-order chi connectivity index (χ1) is 9.06. The summed E-state index contributed by atoms with van der Waals surface area (Å²) in [5.41, 5.74) is 0.563. The van der Waals surface area contributed by atoms with Gasteiger partial charge in [0.25, 0.3) is 0 Å². The molecule has 0 fully saturated rings. The molecule has 0 bridgehead atoms. The van der Waals surface area contributed by atoms with E-state index >= 15 is 0 Å². The molecule has 19 heavy (non-hydrogen) atoms. The Morgan fingerprint density at radius 3 is 2.42 bits per heavy atom. The second kappa shape index (κ2) is 5.67. The van der Waals surface area contributed by atoms with Gasteiger partial charge in [0.15, 0.2) is 11.6 Å². The number of hydrogen-bond acceptors (Lipinski definition) is 1. The Balaban J connectivity index is 2.05. The molecule has 0 saturated carbocycles. The van der Waals surface area contributed by atoms with Crippen molar-refractivity contribution in [2.75, 3.05) is 10.6 Å². The van der Waals surface area contributed by atoms with Crippen LogP contribution < -0.4 is 10.6 Å². The summed E-state index contributed by atoms with van der Waals surface area (Å²) >= 11 is 5.87. The molecule has 6 heteroatoms. The number of rotatable bonds is 2. The van der Waals surface area contributed by atoms with Crippen LogP contribution >= 0.6 is 11.6 Å². The second-order valence-electron chi connectivity index (χ2n) is 3.69. The fourth-order valence-electron chi connectivity index (χ4n) is 1.42. The average molecular weight is 283 g/mol. The van der Waals surface area contributed by atoms with Gasteiger partial charge in [-0.15, -0.1) is 0 Å². The normalized spacial score (nSPS) is 10.1. The minimum absolute atomic E-state index is 0.142. The van der Waals surface area contributed by atoms with Crippen LogP contribution in [0.3, 0.4) is 0 Å². The highest BCUT2D eigenvalue weighted by molar-refractivity contribution is 6.33. The molecule has 2 rings (SSSR count). The number of benzene rings is 2. The molecule has 0 saturated heterocycles. The molecule has 98 valence electrons. The fraction of sp³-hybridized carbons (Fsp3) is 0. The predicted octanol–water partition coefficient (Wildman–Crippen LogP) is 4.26. The molecular formula is C13H9ClF2N2O. The van der Waals surface area contributed by atoms with Crippen LogP contribution in [0.2, 0.25) is 5.02 Å². The molecule has 2 amide bonds. The molecule has 2 aromatic carbocycles. The maximum atomic E-state index is 13.0. The monoisotopic (exact) mass is 282 g/mol. The van der Waals surface area contributed by atoms with Crippen LogP contribution in [-0.4, -0.2) is 6.03 Å². The summed E-state index contributed by atoms with van der Waals surface area (Å²) in [5, 5.41) is 5.24. The molecular weight excluding hydrogens is 274 g/mol. The van der Waals surface area contributed by atoms with Crippen molar-refractivity contribution in [2.24, 2.45) is 0 Å². The SMILES string of the molecule is O=C(Nc1ccc(F)c(F)c1)Nc1ccccc1Cl. The Labute approximate surface area is 113 Å². The third-order valence-corrected chi connectivity index (χ3v) is 2.63. The van der Waals surface area contributed by atoms with E-state index in [1.807, 2.05) is 0 Å². The molecule has 3 nitrogen and oxygen atoms in total. The second-order valence-corrected chi connectivity index (χ2v) is 4.10. The number of halogens is 3. The summed E-state index contributed by atoms with van der Waals surface area (Å²) in [7, 11) is 0. The molecule has 0 radical (unpaired) electrons. The summed E-state index contributed by atoms with van der Waals surface area (Å²) in [6, 6.07) is 9.15. The van der Waals surface area contributed by atoms with Gasteiger partial charge in [-0.3, -0.25) is 0 Å². The van der Waals surface area contributed by atoms with Crippen LogP contribution in [0.25, 0.3) is 0 Å². The number of urea groups is 1. The number of para-hydroxylation sites is 1. The fourth-order valence-corrected chi connectivity index (χ4v) is 1.60. The van der Waals surface area contributed by atoms with E-state index in [0.717, 1.165) is 12.1 Å². The van der Waals surface area contributed by atoms with Crippen LogP contribution in [0, 0.1) is 11.6 Å². The topological polar surface area (TPSA) is 41.1 Å². The molecule has 0 unspecified atom stereocenters. The van der Waals surface area contributed by atoms with Gasteiger partial charge in [-0.25, -0.2) is 13.6 Å². The van der Waals surface area contributed by atoms with E-state index in [0.29, 0.717) is 10.7 Å². The van der Waals surface area contributed by atoms with Crippen LogP contribution in [0.4, 0.5) is 25.0 Å². The summed E-state index contributed by atoms with van der Waals surface area (Å²) in [5.74, 6) is -2.01. The number of carbonyl (C=O) groups is 1. The lowest BCUT2D eigenvalue weighted by atomic mass is 10.3. The third kappa shape index (κ3) is 3.42. The lowest BCUT2D eigenvalue weighted by Crippen LogP contribution is -2.19. The Morgan fingerprint density at radius 2 is 1.74 bits per heavy atom. The highest BCUT2D eigenvalue weighted by atomic mass is 35.5. The largest absolute Gasteiger partial charge is 0.323 e. The van der Waals surface area contributed by atoms with Gasteiger partial charge in [-0.1, -0.05) is 23.7 Å². The third-order valence-electron chi connectivity index (χ3n) is 2.30. The van der Waals surface area contributed by atoms with Gasteiger partial charge < -0.3 is 10.6 Å². The first-order valence-corrected chi connectivity index (χ1v) is 5.71. The van der Waals surface area contributed by atoms with Crippen molar-refractivity contribution >= 4 is 29.0 Å². The molecule has 2 N–H and O–H groups in total. The predicted molar refractivity (Wildman–Crippen MR) is 70.5 cm³/mol. The maximum absolute atomic E-state index is 13.0. The number of carbonyl (C=O) groups excluding carboxylic acids is 1.